The number of carbonyl (C=O) groups excluding carboxylic acids is 1. The van der Waals surface area contributed by atoms with Crippen molar-refractivity contribution >= 4 is 35.3 Å². The van der Waals surface area contributed by atoms with Crippen molar-refractivity contribution in [3.63, 3.8) is 0 Å². The molecule has 1 fully saturated rings. The molecule has 1 aliphatic rings. The lowest BCUT2D eigenvalue weighted by molar-refractivity contribution is -0.122. The van der Waals surface area contributed by atoms with Crippen molar-refractivity contribution in [1.29, 1.82) is 0 Å². The first-order valence-electron chi connectivity index (χ1n) is 5.35. The summed E-state index contributed by atoms with van der Waals surface area (Å²) in [4.78, 5) is 12.1. The molecular formula is C11H17ClN2OS. The van der Waals surface area contributed by atoms with Crippen LogP contribution in [0.4, 0.5) is 5.69 Å². The van der Waals surface area contributed by atoms with Gasteiger partial charge in [0.2, 0.25) is 5.91 Å². The number of hydrogen-bond donors (Lipinski definition) is 2. The second-order valence-corrected chi connectivity index (χ2v) is 4.71. The lowest BCUT2D eigenvalue weighted by Crippen LogP contribution is -2.50. The summed E-state index contributed by atoms with van der Waals surface area (Å²) >= 11 is 1.60. The predicted octanol–water partition coefficient (Wildman–Crippen LogP) is 2.64. The summed E-state index contributed by atoms with van der Waals surface area (Å²) in [6, 6.07) is 1.93. The molecule has 3 nitrogen and oxygen atoms in total. The van der Waals surface area contributed by atoms with Crippen LogP contribution in [0.1, 0.15) is 26.2 Å². The fourth-order valence-electron chi connectivity index (χ4n) is 2.05. The van der Waals surface area contributed by atoms with E-state index in [0.717, 1.165) is 31.5 Å². The Morgan fingerprint density at radius 3 is 3.00 bits per heavy atom. The second-order valence-electron chi connectivity index (χ2n) is 3.93. The highest BCUT2D eigenvalue weighted by molar-refractivity contribution is 7.08. The second kappa shape index (κ2) is 5.66. The van der Waals surface area contributed by atoms with Crippen LogP contribution in [0.2, 0.25) is 0 Å². The van der Waals surface area contributed by atoms with E-state index in [1.54, 1.807) is 11.3 Å². The van der Waals surface area contributed by atoms with Crippen LogP contribution < -0.4 is 10.6 Å². The fourth-order valence-corrected chi connectivity index (χ4v) is 2.64. The first-order valence-corrected chi connectivity index (χ1v) is 6.30. The summed E-state index contributed by atoms with van der Waals surface area (Å²) in [6.45, 7) is 3.01. The van der Waals surface area contributed by atoms with Gasteiger partial charge < -0.3 is 10.6 Å². The van der Waals surface area contributed by atoms with Gasteiger partial charge in [0.05, 0.1) is 11.2 Å². The van der Waals surface area contributed by atoms with Crippen LogP contribution in [0, 0.1) is 0 Å². The van der Waals surface area contributed by atoms with Gasteiger partial charge in [-0.2, -0.15) is 11.3 Å². The molecule has 2 heterocycles. The Labute approximate surface area is 106 Å². The number of nitrogens with one attached hydrogen (secondary N) is 2. The average molecular weight is 261 g/mol. The van der Waals surface area contributed by atoms with Crippen molar-refractivity contribution in [2.75, 3.05) is 11.9 Å². The summed E-state index contributed by atoms with van der Waals surface area (Å²) in [7, 11) is 0. The molecule has 1 saturated heterocycles. The van der Waals surface area contributed by atoms with E-state index in [1.807, 2.05) is 16.8 Å². The number of rotatable bonds is 3. The van der Waals surface area contributed by atoms with E-state index in [9.17, 15) is 4.79 Å². The van der Waals surface area contributed by atoms with Gasteiger partial charge in [0.1, 0.15) is 0 Å². The Kier molecular flexibility index (Phi) is 4.77. The molecule has 1 unspecified atom stereocenters. The predicted molar refractivity (Wildman–Crippen MR) is 70.5 cm³/mol. The number of halogens is 1. The number of thiophene rings is 1. The van der Waals surface area contributed by atoms with Crippen molar-refractivity contribution in [2.24, 2.45) is 0 Å². The molecule has 1 aromatic rings. The molecular weight excluding hydrogens is 244 g/mol. The molecule has 0 aliphatic carbocycles. The molecule has 0 radical (unpaired) electrons. The molecule has 16 heavy (non-hydrogen) atoms. The minimum atomic E-state index is -0.331. The maximum atomic E-state index is 12.1. The molecule has 2 rings (SSSR count). The zero-order valence-electron chi connectivity index (χ0n) is 9.29. The Bertz CT molecular complexity index is 334. The minimum absolute atomic E-state index is 0. The molecule has 0 saturated carbocycles. The first kappa shape index (κ1) is 13.5. The fraction of sp³-hybridized carbons (Fsp3) is 0.545. The summed E-state index contributed by atoms with van der Waals surface area (Å²) in [5.74, 6) is 0.112. The molecule has 1 atom stereocenters. The number of amides is 1. The topological polar surface area (TPSA) is 41.1 Å². The lowest BCUT2D eigenvalue weighted by atomic mass is 9.93. The van der Waals surface area contributed by atoms with E-state index >= 15 is 0 Å². The molecule has 90 valence electrons. The van der Waals surface area contributed by atoms with Gasteiger partial charge in [-0.15, -0.1) is 12.4 Å². The number of carbonyl (C=O) groups is 1. The van der Waals surface area contributed by atoms with Crippen LogP contribution in [0.25, 0.3) is 0 Å². The average Bonchev–Trinajstić information content (AvgIpc) is 2.87. The van der Waals surface area contributed by atoms with Crippen LogP contribution in [-0.4, -0.2) is 18.0 Å². The van der Waals surface area contributed by atoms with Gasteiger partial charge in [-0.25, -0.2) is 0 Å². The highest BCUT2D eigenvalue weighted by Crippen LogP contribution is 2.25. The van der Waals surface area contributed by atoms with Crippen LogP contribution in [0.3, 0.4) is 0 Å². The van der Waals surface area contributed by atoms with Crippen LogP contribution >= 0.6 is 23.7 Å². The van der Waals surface area contributed by atoms with Gasteiger partial charge in [0.25, 0.3) is 0 Å². The smallest absolute Gasteiger partial charge is 0.244 e. The van der Waals surface area contributed by atoms with Crippen LogP contribution in [0.15, 0.2) is 16.8 Å². The number of hydrogen-bond acceptors (Lipinski definition) is 3. The Hall–Kier alpha value is -0.580. The first-order chi connectivity index (χ1) is 7.27. The quantitative estimate of drug-likeness (QED) is 0.877. The summed E-state index contributed by atoms with van der Waals surface area (Å²) in [5.41, 5.74) is 0.577. The van der Waals surface area contributed by atoms with E-state index in [1.165, 1.54) is 0 Å². The highest BCUT2D eigenvalue weighted by Gasteiger charge is 2.38. The van der Waals surface area contributed by atoms with E-state index < -0.39 is 0 Å². The third-order valence-corrected chi connectivity index (χ3v) is 3.74. The largest absolute Gasteiger partial charge is 0.324 e. The van der Waals surface area contributed by atoms with E-state index in [0.29, 0.717) is 0 Å². The van der Waals surface area contributed by atoms with Gasteiger partial charge in [-0.1, -0.05) is 6.92 Å². The van der Waals surface area contributed by atoms with Crippen molar-refractivity contribution < 1.29 is 4.79 Å². The molecule has 1 aliphatic heterocycles. The maximum Gasteiger partial charge on any atom is 0.244 e. The summed E-state index contributed by atoms with van der Waals surface area (Å²) in [6.07, 6.45) is 2.88. The monoisotopic (exact) mass is 260 g/mol. The van der Waals surface area contributed by atoms with Crippen molar-refractivity contribution in [2.45, 2.75) is 31.7 Å². The van der Waals surface area contributed by atoms with Crippen molar-refractivity contribution in [1.82, 2.24) is 5.32 Å². The van der Waals surface area contributed by atoms with Gasteiger partial charge in [-0.05, 0) is 37.3 Å². The van der Waals surface area contributed by atoms with Crippen LogP contribution in [-0.2, 0) is 4.79 Å². The molecule has 0 spiro atoms. The molecule has 1 amide bonds. The van der Waals surface area contributed by atoms with Crippen molar-refractivity contribution in [3.8, 4) is 0 Å². The van der Waals surface area contributed by atoms with Gasteiger partial charge in [0.15, 0.2) is 0 Å². The third-order valence-electron chi connectivity index (χ3n) is 3.06. The number of anilines is 1. The Morgan fingerprint density at radius 2 is 2.50 bits per heavy atom. The van der Waals surface area contributed by atoms with Gasteiger partial charge in [-0.3, -0.25) is 4.79 Å². The molecule has 1 aromatic heterocycles. The molecule has 5 heteroatoms. The standard InChI is InChI=1S/C11H16N2OS.ClH/c1-2-11(5-3-6-12-11)10(14)13-9-4-7-15-8-9;/h4,7-8,12H,2-3,5-6H2,1H3,(H,13,14);1H. The normalized spacial score (nSPS) is 23.8. The molecule has 2 N–H and O–H groups in total. The molecule has 0 bridgehead atoms. The third kappa shape index (κ3) is 2.56. The zero-order valence-corrected chi connectivity index (χ0v) is 10.9. The van der Waals surface area contributed by atoms with Crippen LogP contribution in [0.5, 0.6) is 0 Å². The highest BCUT2D eigenvalue weighted by atomic mass is 35.5. The molecule has 0 aromatic carbocycles. The Morgan fingerprint density at radius 1 is 1.69 bits per heavy atom. The maximum absolute atomic E-state index is 12.1. The summed E-state index contributed by atoms with van der Waals surface area (Å²) < 4.78 is 0. The van der Waals surface area contributed by atoms with Gasteiger partial charge in [0, 0.05) is 5.38 Å². The summed E-state index contributed by atoms with van der Waals surface area (Å²) in [5, 5.41) is 10.2. The van der Waals surface area contributed by atoms with E-state index in [4.69, 9.17) is 0 Å². The minimum Gasteiger partial charge on any atom is -0.324 e. The Balaban J connectivity index is 0.00000128. The lowest BCUT2D eigenvalue weighted by Gasteiger charge is -2.26. The van der Waals surface area contributed by atoms with Gasteiger partial charge >= 0.3 is 0 Å². The zero-order chi connectivity index (χ0) is 10.7. The van der Waals surface area contributed by atoms with E-state index in [2.05, 4.69) is 17.6 Å². The van der Waals surface area contributed by atoms with E-state index in [-0.39, 0.29) is 23.9 Å². The van der Waals surface area contributed by atoms with Crippen molar-refractivity contribution in [3.05, 3.63) is 16.8 Å². The SMILES string of the molecule is CCC1(C(=O)Nc2ccsc2)CCCN1.Cl.